The van der Waals surface area contributed by atoms with Gasteiger partial charge < -0.3 is 14.6 Å². The molecule has 1 aromatic heterocycles. The lowest BCUT2D eigenvalue weighted by molar-refractivity contribution is -0.122. The van der Waals surface area contributed by atoms with Crippen LogP contribution in [0.2, 0.25) is 0 Å². The molecule has 1 saturated heterocycles. The Labute approximate surface area is 185 Å². The number of imide groups is 1. The number of benzene rings is 1. The molecule has 1 aromatic carbocycles. The van der Waals surface area contributed by atoms with Crippen LogP contribution < -0.4 is 5.32 Å². The molecule has 0 atom stereocenters. The molecule has 31 heavy (non-hydrogen) atoms. The molecule has 0 bridgehead atoms. The molecule has 162 valence electrons. The summed E-state index contributed by atoms with van der Waals surface area (Å²) in [4.78, 5) is 38.5. The number of carbonyl (C=O) groups excluding carboxylic acids is 3. The number of amides is 3. The van der Waals surface area contributed by atoms with Gasteiger partial charge in [-0.05, 0) is 36.2 Å². The summed E-state index contributed by atoms with van der Waals surface area (Å²) in [5.41, 5.74) is 2.83. The molecule has 2 heterocycles. The van der Waals surface area contributed by atoms with Crippen LogP contribution in [-0.4, -0.2) is 53.3 Å². The van der Waals surface area contributed by atoms with E-state index in [9.17, 15) is 14.4 Å². The van der Waals surface area contributed by atoms with Gasteiger partial charge in [-0.15, -0.1) is 6.42 Å². The highest BCUT2D eigenvalue weighted by atomic mass is 32.2. The van der Waals surface area contributed by atoms with Gasteiger partial charge >= 0.3 is 0 Å². The number of methoxy groups -OCH3 is 1. The van der Waals surface area contributed by atoms with Crippen molar-refractivity contribution in [1.82, 2.24) is 14.8 Å². The standard InChI is InChI=1S/C23H25N3O4S/c1-4-11-26-22(28)19(31-23(26)29)13-17-14-25(15-20(27)24-10-7-12-30-3)21-16(5-2)8-6-9-18(17)21/h1,6,8-9,13-14H,5,7,10-12,15H2,2-3H3,(H,24,27)/b19-13-. The number of ether oxygens (including phenoxy) is 1. The van der Waals surface area contributed by atoms with E-state index in [0.717, 1.165) is 51.5 Å². The third-order valence-electron chi connectivity index (χ3n) is 4.96. The first-order valence-corrected chi connectivity index (χ1v) is 10.9. The highest BCUT2D eigenvalue weighted by Gasteiger charge is 2.34. The number of aryl methyl sites for hydroxylation is 1. The van der Waals surface area contributed by atoms with Gasteiger partial charge in [-0.3, -0.25) is 19.3 Å². The molecule has 1 aliphatic heterocycles. The second-order valence-corrected chi connectivity index (χ2v) is 8.04. The van der Waals surface area contributed by atoms with Crippen molar-refractivity contribution in [2.75, 3.05) is 26.8 Å². The smallest absolute Gasteiger partial charge is 0.294 e. The minimum atomic E-state index is -0.392. The molecule has 0 saturated carbocycles. The molecule has 0 unspecified atom stereocenters. The number of para-hydroxylation sites is 1. The lowest BCUT2D eigenvalue weighted by Crippen LogP contribution is -2.28. The van der Waals surface area contributed by atoms with E-state index in [1.54, 1.807) is 13.2 Å². The van der Waals surface area contributed by atoms with E-state index in [4.69, 9.17) is 11.2 Å². The summed E-state index contributed by atoms with van der Waals surface area (Å²) in [5.74, 6) is 1.85. The van der Waals surface area contributed by atoms with Crippen molar-refractivity contribution in [1.29, 1.82) is 0 Å². The van der Waals surface area contributed by atoms with Gasteiger partial charge in [0.25, 0.3) is 11.1 Å². The molecule has 2 aromatic rings. The van der Waals surface area contributed by atoms with E-state index < -0.39 is 5.91 Å². The lowest BCUT2D eigenvalue weighted by Gasteiger charge is -2.09. The largest absolute Gasteiger partial charge is 0.385 e. The van der Waals surface area contributed by atoms with Crippen LogP contribution in [0.1, 0.15) is 24.5 Å². The maximum Gasteiger partial charge on any atom is 0.294 e. The first-order chi connectivity index (χ1) is 15.0. The normalized spacial score (nSPS) is 15.1. The molecule has 1 aliphatic rings. The van der Waals surface area contributed by atoms with Crippen LogP contribution in [0.3, 0.4) is 0 Å². The van der Waals surface area contributed by atoms with E-state index >= 15 is 0 Å². The molecule has 1 fully saturated rings. The minimum absolute atomic E-state index is 0.0486. The number of aromatic nitrogens is 1. The zero-order valence-electron chi connectivity index (χ0n) is 17.6. The van der Waals surface area contributed by atoms with E-state index in [1.807, 2.05) is 29.0 Å². The highest BCUT2D eigenvalue weighted by molar-refractivity contribution is 8.18. The van der Waals surface area contributed by atoms with Gasteiger partial charge in [0.1, 0.15) is 6.54 Å². The number of nitrogens with zero attached hydrogens (tertiary/aromatic N) is 2. The maximum absolute atomic E-state index is 12.6. The first-order valence-electron chi connectivity index (χ1n) is 10.0. The Morgan fingerprint density at radius 2 is 2.16 bits per heavy atom. The zero-order valence-corrected chi connectivity index (χ0v) is 18.5. The number of terminal acetylenes is 1. The molecule has 1 N–H and O–H groups in total. The fourth-order valence-corrected chi connectivity index (χ4v) is 4.34. The summed E-state index contributed by atoms with van der Waals surface area (Å²) in [7, 11) is 1.63. The van der Waals surface area contributed by atoms with Gasteiger partial charge in [0.05, 0.1) is 17.0 Å². The summed E-state index contributed by atoms with van der Waals surface area (Å²) in [6.07, 6.45) is 10.4. The van der Waals surface area contributed by atoms with E-state index in [2.05, 4.69) is 18.2 Å². The summed E-state index contributed by atoms with van der Waals surface area (Å²) < 4.78 is 6.90. The number of rotatable bonds is 9. The molecule has 0 spiro atoms. The van der Waals surface area contributed by atoms with Crippen molar-refractivity contribution in [3.8, 4) is 12.3 Å². The Hall–Kier alpha value is -3.02. The van der Waals surface area contributed by atoms with Gasteiger partial charge in [0.2, 0.25) is 5.91 Å². The number of thioether (sulfide) groups is 1. The Morgan fingerprint density at radius 3 is 2.87 bits per heavy atom. The van der Waals surface area contributed by atoms with Crippen LogP contribution in [0, 0.1) is 12.3 Å². The van der Waals surface area contributed by atoms with E-state index in [-0.39, 0.29) is 24.2 Å². The molecule has 0 aliphatic carbocycles. The van der Waals surface area contributed by atoms with Gasteiger partial charge in [-0.1, -0.05) is 31.0 Å². The number of hydrogen-bond donors (Lipinski definition) is 1. The van der Waals surface area contributed by atoms with E-state index in [1.165, 1.54) is 0 Å². The lowest BCUT2D eigenvalue weighted by atomic mass is 10.1. The third kappa shape index (κ3) is 5.01. The predicted octanol–water partition coefficient (Wildman–Crippen LogP) is 3.03. The van der Waals surface area contributed by atoms with Crippen molar-refractivity contribution >= 4 is 45.8 Å². The van der Waals surface area contributed by atoms with Crippen molar-refractivity contribution in [3.63, 3.8) is 0 Å². The van der Waals surface area contributed by atoms with Crippen LogP contribution in [0.25, 0.3) is 17.0 Å². The first kappa shape index (κ1) is 22.7. The Balaban J connectivity index is 1.93. The predicted molar refractivity (Wildman–Crippen MR) is 122 cm³/mol. The third-order valence-corrected chi connectivity index (χ3v) is 5.87. The van der Waals surface area contributed by atoms with E-state index in [0.29, 0.717) is 18.1 Å². The van der Waals surface area contributed by atoms with Crippen molar-refractivity contribution in [2.24, 2.45) is 0 Å². The van der Waals surface area contributed by atoms with Crippen LogP contribution in [0.4, 0.5) is 4.79 Å². The van der Waals surface area contributed by atoms with Crippen molar-refractivity contribution < 1.29 is 19.1 Å². The fraction of sp³-hybridized carbons (Fsp3) is 0.348. The van der Waals surface area contributed by atoms with Crippen molar-refractivity contribution in [3.05, 3.63) is 40.4 Å². The molecular weight excluding hydrogens is 414 g/mol. The summed E-state index contributed by atoms with van der Waals surface area (Å²) in [6.45, 7) is 3.30. The SMILES string of the molecule is C#CCN1C(=O)S/C(=C\c2cn(CC(=O)NCCCOC)c3c(CC)cccc23)C1=O. The van der Waals surface area contributed by atoms with Crippen LogP contribution in [0.5, 0.6) is 0 Å². The van der Waals surface area contributed by atoms with Gasteiger partial charge in [-0.2, -0.15) is 0 Å². The van der Waals surface area contributed by atoms with Crippen LogP contribution >= 0.6 is 11.8 Å². The Bertz CT molecular complexity index is 1080. The minimum Gasteiger partial charge on any atom is -0.385 e. The number of carbonyl (C=O) groups is 3. The second kappa shape index (κ2) is 10.3. The molecule has 3 rings (SSSR count). The fourth-order valence-electron chi connectivity index (χ4n) is 3.51. The van der Waals surface area contributed by atoms with Gasteiger partial charge in [0.15, 0.2) is 0 Å². The van der Waals surface area contributed by atoms with Crippen molar-refractivity contribution in [2.45, 2.75) is 26.3 Å². The molecule has 8 heteroatoms. The van der Waals surface area contributed by atoms with Crippen LogP contribution in [0.15, 0.2) is 29.3 Å². The average Bonchev–Trinajstić information content (AvgIpc) is 3.23. The maximum atomic E-state index is 12.6. The molecule has 3 amide bonds. The molecule has 7 nitrogen and oxygen atoms in total. The summed E-state index contributed by atoms with van der Waals surface area (Å²) >= 11 is 0.877. The Kier molecular flexibility index (Phi) is 7.55. The summed E-state index contributed by atoms with van der Waals surface area (Å²) in [6, 6.07) is 5.94. The zero-order chi connectivity index (χ0) is 22.4. The van der Waals surface area contributed by atoms with Gasteiger partial charge in [-0.25, -0.2) is 0 Å². The molecule has 0 radical (unpaired) electrons. The number of nitrogens with one attached hydrogen (secondary N) is 1. The topological polar surface area (TPSA) is 80.6 Å². The second-order valence-electron chi connectivity index (χ2n) is 7.05. The van der Waals surface area contributed by atoms with Gasteiger partial charge in [0, 0.05) is 37.4 Å². The molecular formula is C23H25N3O4S. The number of fused-ring (bicyclic) bond motifs is 1. The quantitative estimate of drug-likeness (QED) is 0.369. The average molecular weight is 440 g/mol. The summed E-state index contributed by atoms with van der Waals surface area (Å²) in [5, 5.41) is 3.45. The highest BCUT2D eigenvalue weighted by Crippen LogP contribution is 2.34. The number of hydrogen-bond acceptors (Lipinski definition) is 5. The monoisotopic (exact) mass is 439 g/mol. The van der Waals surface area contributed by atoms with Crippen LogP contribution in [-0.2, 0) is 27.3 Å². The Morgan fingerprint density at radius 1 is 1.35 bits per heavy atom.